The maximum Gasteiger partial charge on any atom is 0.411 e. The lowest BCUT2D eigenvalue weighted by molar-refractivity contribution is -0.00222. The van der Waals surface area contributed by atoms with Gasteiger partial charge in [-0.15, -0.1) is 0 Å². The lowest BCUT2D eigenvalue weighted by Gasteiger charge is -2.49. The highest BCUT2D eigenvalue weighted by atomic mass is 16.5. The molecule has 9 heteroatoms. The minimum Gasteiger partial charge on any atom is -0.497 e. The summed E-state index contributed by atoms with van der Waals surface area (Å²) in [5, 5.41) is 7.60. The number of anilines is 1. The first-order valence-corrected chi connectivity index (χ1v) is 12.6. The molecule has 6 rings (SSSR count). The van der Waals surface area contributed by atoms with Gasteiger partial charge in [-0.3, -0.25) is 14.9 Å². The first-order chi connectivity index (χ1) is 18.0. The molecule has 4 atom stereocenters. The van der Waals surface area contributed by atoms with Gasteiger partial charge in [0.15, 0.2) is 0 Å². The average Bonchev–Trinajstić information content (AvgIpc) is 3.32. The molecule has 4 heterocycles. The highest BCUT2D eigenvalue weighted by molar-refractivity contribution is 5.85. The number of benzene rings is 2. The van der Waals surface area contributed by atoms with E-state index in [2.05, 4.69) is 16.3 Å². The molecule has 3 fully saturated rings. The van der Waals surface area contributed by atoms with Gasteiger partial charge in [0.1, 0.15) is 23.9 Å². The number of para-hydroxylation sites is 1. The summed E-state index contributed by atoms with van der Waals surface area (Å²) in [4.78, 5) is 15.0. The number of aromatic nitrogens is 2. The van der Waals surface area contributed by atoms with Gasteiger partial charge < -0.3 is 18.9 Å². The molecule has 3 saturated heterocycles. The fourth-order valence-corrected chi connectivity index (χ4v) is 5.67. The maximum absolute atomic E-state index is 12.5. The number of hydrogen-bond donors (Lipinski definition) is 1. The molecule has 9 nitrogen and oxygen atoms in total. The van der Waals surface area contributed by atoms with Crippen LogP contribution in [0.25, 0.3) is 11.3 Å². The fourth-order valence-electron chi connectivity index (χ4n) is 5.67. The van der Waals surface area contributed by atoms with Gasteiger partial charge in [-0.25, -0.2) is 4.79 Å². The van der Waals surface area contributed by atoms with Gasteiger partial charge in [-0.2, -0.15) is 5.10 Å². The predicted octanol–water partition coefficient (Wildman–Crippen LogP) is 4.54. The number of carbonyl (C=O) groups excluding carboxylic acids is 1. The monoisotopic (exact) mass is 506 g/mol. The molecule has 1 amide bonds. The molecule has 0 aliphatic carbocycles. The minimum absolute atomic E-state index is 0.211. The molecule has 37 heavy (non-hydrogen) atoms. The Morgan fingerprint density at radius 2 is 1.81 bits per heavy atom. The second kappa shape index (κ2) is 10.7. The van der Waals surface area contributed by atoms with Gasteiger partial charge in [0.05, 0.1) is 32.7 Å². The Morgan fingerprint density at radius 3 is 2.49 bits per heavy atom. The van der Waals surface area contributed by atoms with Crippen molar-refractivity contribution in [3.63, 3.8) is 0 Å². The zero-order chi connectivity index (χ0) is 25.9. The Labute approximate surface area is 217 Å². The summed E-state index contributed by atoms with van der Waals surface area (Å²) in [6.45, 7) is 2.30. The van der Waals surface area contributed by atoms with Crippen LogP contribution in [0.4, 0.5) is 10.5 Å². The standard InChI is InChI=1S/C28H34N4O5/c1-31-26(15-25(30-31)23-7-5-6-8-27(23)36-4)24-16-32-10-9-18(24)11-20(32)17-37-28(33)29-19-12-21(34-2)14-22(13-19)35-3/h5-8,12-15,18,20,24H,9-11,16-17H2,1-4H3,(H,29,33)/t18-,20+,24+/m0/s1. The number of carbonyl (C=O) groups is 1. The Hall–Kier alpha value is -3.72. The number of nitrogens with zero attached hydrogens (tertiary/aromatic N) is 3. The molecule has 196 valence electrons. The molecular formula is C28H34N4O5. The summed E-state index contributed by atoms with van der Waals surface area (Å²) < 4.78 is 23.7. The van der Waals surface area contributed by atoms with Crippen molar-refractivity contribution in [1.29, 1.82) is 0 Å². The Bertz CT molecular complexity index is 1240. The van der Waals surface area contributed by atoms with E-state index < -0.39 is 6.09 Å². The van der Waals surface area contributed by atoms with Crippen LogP contribution in [0.1, 0.15) is 24.5 Å². The van der Waals surface area contributed by atoms with Gasteiger partial charge in [0.25, 0.3) is 0 Å². The largest absolute Gasteiger partial charge is 0.497 e. The van der Waals surface area contributed by atoms with Crippen LogP contribution in [0.2, 0.25) is 0 Å². The van der Waals surface area contributed by atoms with Crippen molar-refractivity contribution in [2.24, 2.45) is 13.0 Å². The summed E-state index contributed by atoms with van der Waals surface area (Å²) >= 11 is 0. The fraction of sp³-hybridized carbons (Fsp3) is 0.429. The third-order valence-corrected chi connectivity index (χ3v) is 7.56. The highest BCUT2D eigenvalue weighted by Gasteiger charge is 2.42. The van der Waals surface area contributed by atoms with Crippen molar-refractivity contribution in [2.45, 2.75) is 24.8 Å². The predicted molar refractivity (Wildman–Crippen MR) is 141 cm³/mol. The lowest BCUT2D eigenvalue weighted by atomic mass is 9.74. The number of ether oxygens (including phenoxy) is 4. The Kier molecular flexibility index (Phi) is 7.23. The van der Waals surface area contributed by atoms with Crippen LogP contribution in [-0.2, 0) is 11.8 Å². The number of amides is 1. The number of nitrogens with one attached hydrogen (secondary N) is 1. The topological polar surface area (TPSA) is 87.1 Å². The van der Waals surface area contributed by atoms with E-state index in [9.17, 15) is 4.79 Å². The minimum atomic E-state index is -0.484. The number of aryl methyl sites for hydroxylation is 1. The smallest absolute Gasteiger partial charge is 0.411 e. The van der Waals surface area contributed by atoms with Gasteiger partial charge in [0, 0.05) is 55.0 Å². The number of piperidine rings is 3. The molecule has 0 radical (unpaired) electrons. The van der Waals surface area contributed by atoms with E-state index in [1.165, 1.54) is 5.69 Å². The summed E-state index contributed by atoms with van der Waals surface area (Å²) in [6.07, 6.45) is 1.63. The molecule has 2 aromatic carbocycles. The third-order valence-electron chi connectivity index (χ3n) is 7.56. The van der Waals surface area contributed by atoms with Crippen LogP contribution >= 0.6 is 0 Å². The van der Waals surface area contributed by atoms with E-state index in [1.54, 1.807) is 39.5 Å². The zero-order valence-corrected chi connectivity index (χ0v) is 21.8. The third kappa shape index (κ3) is 5.22. The SMILES string of the molecule is COc1cc(NC(=O)OC[C@H]2C[C@@H]3CCN2C[C@H]3c2cc(-c3ccccc3OC)nn2C)cc(OC)c1. The zero-order valence-electron chi connectivity index (χ0n) is 21.8. The molecule has 1 N–H and O–H groups in total. The first-order valence-electron chi connectivity index (χ1n) is 12.6. The van der Waals surface area contributed by atoms with Crippen molar-refractivity contribution >= 4 is 11.8 Å². The molecule has 1 aromatic heterocycles. The molecule has 0 saturated carbocycles. The molecule has 3 aliphatic heterocycles. The molecular weight excluding hydrogens is 472 g/mol. The quantitative estimate of drug-likeness (QED) is 0.480. The van der Waals surface area contributed by atoms with Gasteiger partial charge in [0.2, 0.25) is 0 Å². The molecule has 3 aromatic rings. The van der Waals surface area contributed by atoms with Crippen LogP contribution in [-0.4, -0.2) is 67.8 Å². The molecule has 0 spiro atoms. The van der Waals surface area contributed by atoms with Crippen molar-refractivity contribution in [3.8, 4) is 28.5 Å². The summed E-state index contributed by atoms with van der Waals surface area (Å²) in [7, 11) is 6.85. The molecule has 1 unspecified atom stereocenters. The van der Waals surface area contributed by atoms with Crippen LogP contribution in [0.5, 0.6) is 17.2 Å². The van der Waals surface area contributed by atoms with E-state index in [4.69, 9.17) is 24.0 Å². The summed E-state index contributed by atoms with van der Waals surface area (Å²) in [5.74, 6) is 2.93. The number of methoxy groups -OCH3 is 3. The Balaban J connectivity index is 1.21. The number of rotatable bonds is 8. The first kappa shape index (κ1) is 25.0. The van der Waals surface area contributed by atoms with Gasteiger partial charge >= 0.3 is 6.09 Å². The van der Waals surface area contributed by atoms with E-state index in [1.807, 2.05) is 36.0 Å². The second-order valence-electron chi connectivity index (χ2n) is 9.64. The van der Waals surface area contributed by atoms with E-state index >= 15 is 0 Å². The van der Waals surface area contributed by atoms with Crippen LogP contribution < -0.4 is 19.5 Å². The lowest BCUT2D eigenvalue weighted by Crippen LogP contribution is -2.54. The van der Waals surface area contributed by atoms with Crippen LogP contribution in [0.15, 0.2) is 48.5 Å². The highest BCUT2D eigenvalue weighted by Crippen LogP contribution is 2.43. The summed E-state index contributed by atoms with van der Waals surface area (Å²) in [6, 6.07) is 15.6. The second-order valence-corrected chi connectivity index (χ2v) is 9.64. The summed E-state index contributed by atoms with van der Waals surface area (Å²) in [5.41, 5.74) is 3.73. The van der Waals surface area contributed by atoms with Crippen molar-refractivity contribution in [1.82, 2.24) is 14.7 Å². The van der Waals surface area contributed by atoms with Crippen molar-refractivity contribution in [3.05, 3.63) is 54.2 Å². The maximum atomic E-state index is 12.5. The van der Waals surface area contributed by atoms with Gasteiger partial charge in [-0.1, -0.05) is 12.1 Å². The average molecular weight is 507 g/mol. The van der Waals surface area contributed by atoms with E-state index in [0.29, 0.717) is 35.6 Å². The number of fused-ring (bicyclic) bond motifs is 3. The Morgan fingerprint density at radius 1 is 1.05 bits per heavy atom. The van der Waals surface area contributed by atoms with Gasteiger partial charge in [-0.05, 0) is 43.5 Å². The van der Waals surface area contributed by atoms with Crippen molar-refractivity contribution in [2.75, 3.05) is 46.3 Å². The van der Waals surface area contributed by atoms with Crippen LogP contribution in [0.3, 0.4) is 0 Å². The number of hydrogen-bond acceptors (Lipinski definition) is 7. The van der Waals surface area contributed by atoms with Crippen LogP contribution in [0, 0.1) is 5.92 Å². The normalized spacial score (nSPS) is 22.4. The molecule has 2 bridgehead atoms. The van der Waals surface area contributed by atoms with E-state index in [-0.39, 0.29) is 6.04 Å². The van der Waals surface area contributed by atoms with Crippen molar-refractivity contribution < 1.29 is 23.7 Å². The van der Waals surface area contributed by atoms with E-state index in [0.717, 1.165) is 42.9 Å². The molecule has 3 aliphatic rings.